The molecule has 1 aliphatic rings. The van der Waals surface area contributed by atoms with Crippen LogP contribution in [0.5, 0.6) is 0 Å². The SMILES string of the molecule is O=C(Nc1ccccc1F)c1cc(S(=O)(=O)C2CCS(=O)(=O)C2)ccc1Cl. The van der Waals surface area contributed by atoms with Crippen LogP contribution in [0.3, 0.4) is 0 Å². The molecule has 1 aliphatic heterocycles. The van der Waals surface area contributed by atoms with Gasteiger partial charge in [0.1, 0.15) is 5.82 Å². The summed E-state index contributed by atoms with van der Waals surface area (Å²) in [6, 6.07) is 9.06. The lowest BCUT2D eigenvalue weighted by Crippen LogP contribution is -2.23. The molecule has 2 aromatic rings. The Kier molecular flexibility index (Phi) is 5.29. The van der Waals surface area contributed by atoms with Gasteiger partial charge in [-0.1, -0.05) is 23.7 Å². The largest absolute Gasteiger partial charge is 0.319 e. The summed E-state index contributed by atoms with van der Waals surface area (Å²) >= 11 is 6.01. The normalized spacial score (nSPS) is 19.0. The maximum Gasteiger partial charge on any atom is 0.257 e. The molecule has 144 valence electrons. The van der Waals surface area contributed by atoms with E-state index in [9.17, 15) is 26.0 Å². The van der Waals surface area contributed by atoms with Crippen molar-refractivity contribution in [2.45, 2.75) is 16.6 Å². The molecule has 1 saturated heterocycles. The van der Waals surface area contributed by atoms with Crippen molar-refractivity contribution in [1.82, 2.24) is 0 Å². The Bertz CT molecular complexity index is 1120. The number of hydrogen-bond acceptors (Lipinski definition) is 5. The van der Waals surface area contributed by atoms with Crippen molar-refractivity contribution in [2.75, 3.05) is 16.8 Å². The summed E-state index contributed by atoms with van der Waals surface area (Å²) in [4.78, 5) is 12.2. The average molecular weight is 432 g/mol. The highest BCUT2D eigenvalue weighted by Crippen LogP contribution is 2.28. The number of anilines is 1. The minimum absolute atomic E-state index is 0.00402. The van der Waals surface area contributed by atoms with Gasteiger partial charge in [-0.05, 0) is 36.8 Å². The molecule has 0 aliphatic carbocycles. The van der Waals surface area contributed by atoms with Crippen LogP contribution in [0, 0.1) is 5.82 Å². The van der Waals surface area contributed by atoms with E-state index in [4.69, 9.17) is 11.6 Å². The number of carbonyl (C=O) groups excluding carboxylic acids is 1. The van der Waals surface area contributed by atoms with Crippen molar-refractivity contribution < 1.29 is 26.0 Å². The first-order valence-electron chi connectivity index (χ1n) is 7.90. The van der Waals surface area contributed by atoms with Crippen molar-refractivity contribution in [1.29, 1.82) is 0 Å². The topological polar surface area (TPSA) is 97.4 Å². The second-order valence-electron chi connectivity index (χ2n) is 6.15. The number of benzene rings is 2. The third kappa shape index (κ3) is 4.15. The molecule has 1 unspecified atom stereocenters. The van der Waals surface area contributed by atoms with Gasteiger partial charge in [-0.25, -0.2) is 21.2 Å². The average Bonchev–Trinajstić information content (AvgIpc) is 2.98. The summed E-state index contributed by atoms with van der Waals surface area (Å²) in [5.41, 5.74) is -0.226. The number of hydrogen-bond donors (Lipinski definition) is 1. The molecule has 27 heavy (non-hydrogen) atoms. The molecule has 1 atom stereocenters. The number of amides is 1. The molecule has 1 N–H and O–H groups in total. The van der Waals surface area contributed by atoms with Crippen molar-refractivity contribution >= 4 is 42.9 Å². The number of para-hydroxylation sites is 1. The minimum atomic E-state index is -3.96. The van der Waals surface area contributed by atoms with Gasteiger partial charge in [0.25, 0.3) is 5.91 Å². The third-order valence-corrected chi connectivity index (χ3v) is 8.76. The molecule has 0 radical (unpaired) electrons. The highest BCUT2D eigenvalue weighted by atomic mass is 35.5. The van der Waals surface area contributed by atoms with Crippen LogP contribution in [0.2, 0.25) is 5.02 Å². The fraction of sp³-hybridized carbons (Fsp3) is 0.235. The van der Waals surface area contributed by atoms with E-state index in [1.54, 1.807) is 0 Å². The zero-order valence-corrected chi connectivity index (χ0v) is 16.2. The van der Waals surface area contributed by atoms with E-state index in [1.807, 2.05) is 0 Å². The molecule has 2 aromatic carbocycles. The van der Waals surface area contributed by atoms with E-state index in [-0.39, 0.29) is 33.3 Å². The molecule has 0 spiro atoms. The maximum absolute atomic E-state index is 13.7. The minimum Gasteiger partial charge on any atom is -0.319 e. The van der Waals surface area contributed by atoms with Crippen molar-refractivity contribution in [2.24, 2.45) is 0 Å². The Morgan fingerprint density at radius 1 is 1.19 bits per heavy atom. The van der Waals surface area contributed by atoms with Gasteiger partial charge in [-0.2, -0.15) is 0 Å². The predicted octanol–water partition coefficient (Wildman–Crippen LogP) is 2.69. The number of rotatable bonds is 4. The second-order valence-corrected chi connectivity index (χ2v) is 11.0. The Morgan fingerprint density at radius 3 is 2.52 bits per heavy atom. The molecule has 3 rings (SSSR count). The van der Waals surface area contributed by atoms with E-state index >= 15 is 0 Å². The summed E-state index contributed by atoms with van der Waals surface area (Å²) in [6.07, 6.45) is 0.00402. The van der Waals surface area contributed by atoms with Crippen molar-refractivity contribution in [3.05, 3.63) is 58.9 Å². The Morgan fingerprint density at radius 2 is 1.89 bits per heavy atom. The molecule has 6 nitrogen and oxygen atoms in total. The maximum atomic E-state index is 13.7. The summed E-state index contributed by atoms with van der Waals surface area (Å²) in [5, 5.41) is 1.26. The Hall–Kier alpha value is -1.97. The van der Waals surface area contributed by atoms with Gasteiger partial charge in [-0.15, -0.1) is 0 Å². The summed E-state index contributed by atoms with van der Waals surface area (Å²) in [6.45, 7) is 0. The fourth-order valence-electron chi connectivity index (χ4n) is 2.81. The zero-order valence-electron chi connectivity index (χ0n) is 13.9. The van der Waals surface area contributed by atoms with Crippen LogP contribution >= 0.6 is 11.6 Å². The van der Waals surface area contributed by atoms with E-state index in [1.165, 1.54) is 36.4 Å². The highest BCUT2D eigenvalue weighted by molar-refractivity contribution is 7.96. The Balaban J connectivity index is 1.93. The lowest BCUT2D eigenvalue weighted by atomic mass is 10.2. The first kappa shape index (κ1) is 19.8. The molecule has 1 fully saturated rings. The molecule has 1 heterocycles. The van der Waals surface area contributed by atoms with Crippen LogP contribution < -0.4 is 5.32 Å². The number of carbonyl (C=O) groups is 1. The van der Waals surface area contributed by atoms with Gasteiger partial charge < -0.3 is 5.32 Å². The van der Waals surface area contributed by atoms with Gasteiger partial charge in [-0.3, -0.25) is 4.79 Å². The number of nitrogens with one attached hydrogen (secondary N) is 1. The van der Waals surface area contributed by atoms with Gasteiger partial charge >= 0.3 is 0 Å². The van der Waals surface area contributed by atoms with Crippen LogP contribution in [0.1, 0.15) is 16.8 Å². The first-order valence-corrected chi connectivity index (χ1v) is 11.6. The van der Waals surface area contributed by atoms with E-state index in [0.29, 0.717) is 0 Å². The van der Waals surface area contributed by atoms with Crippen LogP contribution in [0.4, 0.5) is 10.1 Å². The van der Waals surface area contributed by atoms with Crippen LogP contribution in [-0.2, 0) is 19.7 Å². The zero-order chi connectivity index (χ0) is 19.8. The molecule has 0 aromatic heterocycles. The standard InChI is InChI=1S/C17H15ClFNO5S2/c18-14-6-5-11(27(24,25)12-7-8-26(22,23)10-12)9-13(14)17(21)20-16-4-2-1-3-15(16)19/h1-6,9,12H,7-8,10H2,(H,20,21). The van der Waals surface area contributed by atoms with Gasteiger partial charge in [0.2, 0.25) is 0 Å². The van der Waals surface area contributed by atoms with Crippen LogP contribution in [0.15, 0.2) is 47.4 Å². The third-order valence-electron chi connectivity index (χ3n) is 4.26. The van der Waals surface area contributed by atoms with Crippen molar-refractivity contribution in [3.8, 4) is 0 Å². The lowest BCUT2D eigenvalue weighted by Gasteiger charge is -2.13. The number of halogens is 2. The first-order chi connectivity index (χ1) is 12.6. The smallest absolute Gasteiger partial charge is 0.257 e. The Labute approximate surface area is 161 Å². The lowest BCUT2D eigenvalue weighted by molar-refractivity contribution is 0.102. The molecule has 0 saturated carbocycles. The summed E-state index contributed by atoms with van der Waals surface area (Å²) < 4.78 is 62.4. The quantitative estimate of drug-likeness (QED) is 0.802. The predicted molar refractivity (Wildman–Crippen MR) is 100 cm³/mol. The molecule has 1 amide bonds. The van der Waals surface area contributed by atoms with Gasteiger partial charge in [0.15, 0.2) is 19.7 Å². The number of sulfone groups is 2. The van der Waals surface area contributed by atoms with Crippen molar-refractivity contribution in [3.63, 3.8) is 0 Å². The molecule has 0 bridgehead atoms. The van der Waals surface area contributed by atoms with E-state index in [2.05, 4.69) is 5.32 Å². The molecular formula is C17H15ClFNO5S2. The molecular weight excluding hydrogens is 417 g/mol. The molecule has 10 heteroatoms. The fourth-order valence-corrected chi connectivity index (χ4v) is 7.39. The van der Waals surface area contributed by atoms with Crippen LogP contribution in [0.25, 0.3) is 0 Å². The van der Waals surface area contributed by atoms with Crippen LogP contribution in [-0.4, -0.2) is 39.5 Å². The van der Waals surface area contributed by atoms with E-state index in [0.717, 1.165) is 6.07 Å². The summed E-state index contributed by atoms with van der Waals surface area (Å²) in [5.74, 6) is -2.07. The highest BCUT2D eigenvalue weighted by Gasteiger charge is 2.38. The monoisotopic (exact) mass is 431 g/mol. The second kappa shape index (κ2) is 7.21. The summed E-state index contributed by atoms with van der Waals surface area (Å²) in [7, 11) is -7.35. The van der Waals surface area contributed by atoms with E-state index < -0.39 is 42.4 Å². The van der Waals surface area contributed by atoms with Gasteiger partial charge in [0.05, 0.1) is 37.9 Å². The van der Waals surface area contributed by atoms with Gasteiger partial charge in [0, 0.05) is 0 Å².